The first kappa shape index (κ1) is 13.1. The molecule has 0 bridgehead atoms. The van der Waals surface area contributed by atoms with Gasteiger partial charge in [0.1, 0.15) is 0 Å². The summed E-state index contributed by atoms with van der Waals surface area (Å²) in [7, 11) is 0. The molecule has 2 heteroatoms. The maximum Gasteiger partial charge on any atom is 0.0749 e. The van der Waals surface area contributed by atoms with Crippen LogP contribution in [0.3, 0.4) is 0 Å². The lowest BCUT2D eigenvalue weighted by atomic mass is 9.83. The highest BCUT2D eigenvalue weighted by molar-refractivity contribution is 4.99. The smallest absolute Gasteiger partial charge is 0.0749 e. The molecule has 0 aromatic carbocycles. The number of aliphatic hydroxyl groups excluding tert-OH is 2. The monoisotopic (exact) mass is 238 g/mol. The van der Waals surface area contributed by atoms with Crippen LogP contribution in [0.2, 0.25) is 0 Å². The fourth-order valence-electron chi connectivity index (χ4n) is 3.25. The van der Waals surface area contributed by atoms with Gasteiger partial charge in [0.2, 0.25) is 0 Å². The van der Waals surface area contributed by atoms with Gasteiger partial charge in [-0.05, 0) is 31.6 Å². The van der Waals surface area contributed by atoms with Crippen molar-refractivity contribution in [3.05, 3.63) is 12.2 Å². The van der Waals surface area contributed by atoms with Gasteiger partial charge in [-0.15, -0.1) is 0 Å². The van der Waals surface area contributed by atoms with Crippen LogP contribution in [0.4, 0.5) is 0 Å². The molecule has 2 aliphatic carbocycles. The summed E-state index contributed by atoms with van der Waals surface area (Å²) in [5.74, 6) is 0.739. The van der Waals surface area contributed by atoms with Crippen molar-refractivity contribution in [2.75, 3.05) is 0 Å². The van der Waals surface area contributed by atoms with E-state index < -0.39 is 0 Å². The minimum absolute atomic E-state index is 0.182. The fraction of sp³-hybridized carbons (Fsp3) is 0.867. The van der Waals surface area contributed by atoms with Crippen LogP contribution in [0.1, 0.15) is 57.8 Å². The first-order valence-electron chi connectivity index (χ1n) is 7.32. The molecule has 98 valence electrons. The molecule has 0 amide bonds. The number of rotatable bonds is 3. The van der Waals surface area contributed by atoms with Crippen LogP contribution in [0.25, 0.3) is 0 Å². The zero-order valence-electron chi connectivity index (χ0n) is 10.7. The molecule has 0 aromatic heterocycles. The predicted octanol–water partition coefficient (Wildman–Crippen LogP) is 3.03. The summed E-state index contributed by atoms with van der Waals surface area (Å²) in [6, 6.07) is 0. The van der Waals surface area contributed by atoms with E-state index in [9.17, 15) is 10.2 Å². The van der Waals surface area contributed by atoms with Crippen LogP contribution in [0, 0.1) is 11.8 Å². The molecular weight excluding hydrogens is 212 g/mol. The third-order valence-electron chi connectivity index (χ3n) is 4.47. The summed E-state index contributed by atoms with van der Waals surface area (Å²) in [6.07, 6.45) is 14.1. The van der Waals surface area contributed by atoms with Crippen LogP contribution in [-0.2, 0) is 0 Å². The molecule has 0 heterocycles. The van der Waals surface area contributed by atoms with Crippen molar-refractivity contribution in [3.8, 4) is 0 Å². The molecule has 2 rings (SSSR count). The maximum atomic E-state index is 10.1. The highest BCUT2D eigenvalue weighted by atomic mass is 16.3. The largest absolute Gasteiger partial charge is 0.393 e. The van der Waals surface area contributed by atoms with E-state index in [-0.39, 0.29) is 18.1 Å². The first-order valence-corrected chi connectivity index (χ1v) is 7.32. The summed E-state index contributed by atoms with van der Waals surface area (Å²) in [6.45, 7) is 0. The van der Waals surface area contributed by atoms with Crippen molar-refractivity contribution in [2.24, 2.45) is 11.8 Å². The lowest BCUT2D eigenvalue weighted by molar-refractivity contribution is 0.0900. The quantitative estimate of drug-likeness (QED) is 0.742. The van der Waals surface area contributed by atoms with E-state index in [1.807, 2.05) is 6.08 Å². The van der Waals surface area contributed by atoms with E-state index in [2.05, 4.69) is 6.08 Å². The molecule has 2 saturated carbocycles. The highest BCUT2D eigenvalue weighted by Crippen LogP contribution is 2.29. The minimum Gasteiger partial charge on any atom is -0.393 e. The van der Waals surface area contributed by atoms with Gasteiger partial charge in [0.25, 0.3) is 0 Å². The van der Waals surface area contributed by atoms with Crippen LogP contribution < -0.4 is 0 Å². The van der Waals surface area contributed by atoms with Gasteiger partial charge in [0.05, 0.1) is 12.2 Å². The Morgan fingerprint density at radius 3 is 2.24 bits per heavy atom. The van der Waals surface area contributed by atoms with Crippen LogP contribution in [0.15, 0.2) is 12.2 Å². The third-order valence-corrected chi connectivity index (χ3v) is 4.47. The van der Waals surface area contributed by atoms with E-state index >= 15 is 0 Å². The molecule has 0 radical (unpaired) electrons. The van der Waals surface area contributed by atoms with Gasteiger partial charge in [-0.25, -0.2) is 0 Å². The van der Waals surface area contributed by atoms with Crippen LogP contribution in [0.5, 0.6) is 0 Å². The molecule has 2 fully saturated rings. The second kappa shape index (κ2) is 6.55. The molecule has 3 unspecified atom stereocenters. The Hall–Kier alpha value is -0.340. The average molecular weight is 238 g/mol. The van der Waals surface area contributed by atoms with E-state index in [0.29, 0.717) is 5.92 Å². The van der Waals surface area contributed by atoms with Gasteiger partial charge in [0, 0.05) is 5.92 Å². The van der Waals surface area contributed by atoms with E-state index in [1.165, 1.54) is 38.5 Å². The standard InChI is InChI=1S/C15H26O2/c16-14-9-5-4-8-13(14)10-11-15(17)12-6-2-1-3-7-12/h10-17H,1-9H2. The van der Waals surface area contributed by atoms with Crippen LogP contribution in [-0.4, -0.2) is 22.4 Å². The van der Waals surface area contributed by atoms with Crippen molar-refractivity contribution in [1.82, 2.24) is 0 Å². The van der Waals surface area contributed by atoms with Gasteiger partial charge in [-0.3, -0.25) is 0 Å². The van der Waals surface area contributed by atoms with Crippen LogP contribution >= 0.6 is 0 Å². The van der Waals surface area contributed by atoms with Gasteiger partial charge >= 0.3 is 0 Å². The molecule has 3 atom stereocenters. The SMILES string of the molecule is OC(C=CC1CCCCC1O)C1CCCCC1. The lowest BCUT2D eigenvalue weighted by Gasteiger charge is -2.27. The van der Waals surface area contributed by atoms with Crippen molar-refractivity contribution in [3.63, 3.8) is 0 Å². The summed E-state index contributed by atoms with van der Waals surface area (Å²) < 4.78 is 0. The molecule has 2 nitrogen and oxygen atoms in total. The number of hydrogen-bond acceptors (Lipinski definition) is 2. The summed E-state index contributed by atoms with van der Waals surface area (Å²) in [5.41, 5.74) is 0. The molecule has 0 aromatic rings. The lowest BCUT2D eigenvalue weighted by Crippen LogP contribution is -2.24. The molecule has 0 aliphatic heterocycles. The predicted molar refractivity (Wildman–Crippen MR) is 69.7 cm³/mol. The Kier molecular flexibility index (Phi) is 5.05. The zero-order valence-corrected chi connectivity index (χ0v) is 10.7. The number of hydrogen-bond donors (Lipinski definition) is 2. The fourth-order valence-corrected chi connectivity index (χ4v) is 3.25. The molecule has 17 heavy (non-hydrogen) atoms. The molecule has 2 aliphatic rings. The normalized spacial score (nSPS) is 34.0. The molecule has 0 spiro atoms. The minimum atomic E-state index is -0.288. The van der Waals surface area contributed by atoms with Crippen molar-refractivity contribution in [1.29, 1.82) is 0 Å². The van der Waals surface area contributed by atoms with Crippen molar-refractivity contribution in [2.45, 2.75) is 70.0 Å². The van der Waals surface area contributed by atoms with E-state index in [0.717, 1.165) is 19.3 Å². The number of aliphatic hydroxyl groups is 2. The topological polar surface area (TPSA) is 40.5 Å². The summed E-state index contributed by atoms with van der Waals surface area (Å²) >= 11 is 0. The second-order valence-electron chi connectivity index (χ2n) is 5.79. The average Bonchev–Trinajstić information content (AvgIpc) is 2.38. The second-order valence-corrected chi connectivity index (χ2v) is 5.79. The first-order chi connectivity index (χ1) is 8.27. The maximum absolute atomic E-state index is 10.1. The third kappa shape index (κ3) is 3.82. The molecular formula is C15H26O2. The van der Waals surface area contributed by atoms with Gasteiger partial charge in [-0.1, -0.05) is 44.3 Å². The molecule has 0 saturated heterocycles. The van der Waals surface area contributed by atoms with Gasteiger partial charge in [0.15, 0.2) is 0 Å². The van der Waals surface area contributed by atoms with Crippen molar-refractivity contribution >= 4 is 0 Å². The van der Waals surface area contributed by atoms with Crippen molar-refractivity contribution < 1.29 is 10.2 Å². The van der Waals surface area contributed by atoms with E-state index in [4.69, 9.17) is 0 Å². The zero-order chi connectivity index (χ0) is 12.1. The Morgan fingerprint density at radius 1 is 0.882 bits per heavy atom. The molecule has 2 N–H and O–H groups in total. The Labute approximate surface area is 105 Å². The Morgan fingerprint density at radius 2 is 1.53 bits per heavy atom. The Bertz CT molecular complexity index is 243. The van der Waals surface area contributed by atoms with E-state index in [1.54, 1.807) is 0 Å². The highest BCUT2D eigenvalue weighted by Gasteiger charge is 2.23. The summed E-state index contributed by atoms with van der Waals surface area (Å²) in [5, 5.41) is 20.0. The van der Waals surface area contributed by atoms with Gasteiger partial charge in [-0.2, -0.15) is 0 Å². The Balaban J connectivity index is 1.81. The summed E-state index contributed by atoms with van der Waals surface area (Å²) in [4.78, 5) is 0. The van der Waals surface area contributed by atoms with Gasteiger partial charge < -0.3 is 10.2 Å².